The molecule has 2 aromatic rings. The number of nitriles is 1. The highest BCUT2D eigenvalue weighted by Gasteiger charge is 2.52. The van der Waals surface area contributed by atoms with Gasteiger partial charge in [0.15, 0.2) is 10.9 Å². The fourth-order valence-electron chi connectivity index (χ4n) is 4.18. The van der Waals surface area contributed by atoms with Gasteiger partial charge in [-0.3, -0.25) is 9.69 Å². The number of amides is 1. The number of rotatable bonds is 13. The first-order valence-electron chi connectivity index (χ1n) is 12.8. The number of alkyl halides is 3. The SMILES string of the molecule is CCOCCCOCCCCOc1ncc(N2C(=S)N(c3ccc(C#N)c(C(F)(F)F)c3F)C(=O)C2(C)C)cc1Cl. The Morgan fingerprint density at radius 1 is 1.12 bits per heavy atom. The standard InChI is InChI=1S/C27H29ClF4N4O4S/c1-4-38-11-7-12-39-10-5-6-13-40-23-19(28)14-18(16-34-23)36-25(41)35(24(37)26(36,2)3)20-9-8-17(15-33)21(22(20)29)27(30,31)32/h8-9,14,16H,4-7,10-13H2,1-3H3. The first-order chi connectivity index (χ1) is 19.4. The predicted octanol–water partition coefficient (Wildman–Crippen LogP) is 6.28. The van der Waals surface area contributed by atoms with Crippen LogP contribution in [0.3, 0.4) is 0 Å². The number of hydrogen-bond acceptors (Lipinski definition) is 7. The quantitative estimate of drug-likeness (QED) is 0.148. The molecule has 0 aliphatic carbocycles. The van der Waals surface area contributed by atoms with Crippen LogP contribution in [-0.2, 0) is 20.4 Å². The number of unbranched alkanes of at least 4 members (excludes halogenated alkanes) is 1. The molecule has 0 radical (unpaired) electrons. The lowest BCUT2D eigenvalue weighted by atomic mass is 10.0. The van der Waals surface area contributed by atoms with Gasteiger partial charge in [-0.05, 0) is 70.5 Å². The minimum atomic E-state index is -5.17. The van der Waals surface area contributed by atoms with E-state index < -0.39 is 40.3 Å². The maximum atomic E-state index is 15.2. The first-order valence-corrected chi connectivity index (χ1v) is 13.6. The van der Waals surface area contributed by atoms with E-state index in [1.807, 2.05) is 6.92 Å². The third-order valence-electron chi connectivity index (χ3n) is 6.19. The second kappa shape index (κ2) is 13.7. The molecule has 1 amide bonds. The van der Waals surface area contributed by atoms with E-state index in [0.29, 0.717) is 44.4 Å². The van der Waals surface area contributed by atoms with E-state index >= 15 is 4.39 Å². The molecule has 0 spiro atoms. The zero-order valence-electron chi connectivity index (χ0n) is 22.7. The summed E-state index contributed by atoms with van der Waals surface area (Å²) in [4.78, 5) is 19.6. The van der Waals surface area contributed by atoms with Gasteiger partial charge in [0, 0.05) is 26.4 Å². The zero-order chi connectivity index (χ0) is 30.4. The lowest BCUT2D eigenvalue weighted by Crippen LogP contribution is -2.44. The van der Waals surface area contributed by atoms with E-state index in [9.17, 15) is 18.0 Å². The number of pyridine rings is 1. The average Bonchev–Trinajstić information content (AvgIpc) is 3.08. The normalized spacial score (nSPS) is 15.0. The summed E-state index contributed by atoms with van der Waals surface area (Å²) in [5, 5.41) is 8.88. The van der Waals surface area contributed by atoms with Crippen molar-refractivity contribution in [2.24, 2.45) is 0 Å². The lowest BCUT2D eigenvalue weighted by molar-refractivity contribution is -0.140. The van der Waals surface area contributed by atoms with Crippen LogP contribution in [0.5, 0.6) is 5.88 Å². The number of carbonyl (C=O) groups excluding carboxylic acids is 1. The molecule has 0 unspecified atom stereocenters. The van der Waals surface area contributed by atoms with Crippen LogP contribution >= 0.6 is 23.8 Å². The van der Waals surface area contributed by atoms with Crippen LogP contribution in [0, 0.1) is 17.1 Å². The number of carbonyl (C=O) groups is 1. The van der Waals surface area contributed by atoms with Gasteiger partial charge in [0.25, 0.3) is 5.91 Å². The number of hydrogen-bond donors (Lipinski definition) is 0. The van der Waals surface area contributed by atoms with Crippen molar-refractivity contribution in [2.45, 2.75) is 51.7 Å². The van der Waals surface area contributed by atoms with Crippen LogP contribution in [0.25, 0.3) is 0 Å². The summed E-state index contributed by atoms with van der Waals surface area (Å²) in [6, 6.07) is 4.50. The van der Waals surface area contributed by atoms with Gasteiger partial charge in [0.2, 0.25) is 5.88 Å². The summed E-state index contributed by atoms with van der Waals surface area (Å²) in [6.07, 6.45) is -1.54. The Hall–Kier alpha value is -3.05. The number of nitrogens with zero attached hydrogens (tertiary/aromatic N) is 4. The monoisotopic (exact) mass is 616 g/mol. The fourth-order valence-corrected chi connectivity index (χ4v) is 4.91. The Kier molecular flexibility index (Phi) is 10.9. The van der Waals surface area contributed by atoms with E-state index in [2.05, 4.69) is 4.98 Å². The van der Waals surface area contributed by atoms with Crippen LogP contribution < -0.4 is 14.5 Å². The Bertz CT molecular complexity index is 1320. The number of thiocarbonyl (C=S) groups is 1. The van der Waals surface area contributed by atoms with Gasteiger partial charge in [-0.2, -0.15) is 18.4 Å². The highest BCUT2D eigenvalue weighted by molar-refractivity contribution is 7.81. The molecule has 1 saturated heterocycles. The van der Waals surface area contributed by atoms with Crippen molar-refractivity contribution in [3.05, 3.63) is 46.4 Å². The summed E-state index contributed by atoms with van der Waals surface area (Å²) < 4.78 is 72.3. The van der Waals surface area contributed by atoms with Gasteiger partial charge in [-0.1, -0.05) is 11.6 Å². The second-order valence-corrected chi connectivity index (χ2v) is 10.2. The maximum Gasteiger partial charge on any atom is 0.420 e. The maximum absolute atomic E-state index is 15.2. The summed E-state index contributed by atoms with van der Waals surface area (Å²) in [5.41, 5.74) is -4.60. The summed E-state index contributed by atoms with van der Waals surface area (Å²) in [5.74, 6) is -2.41. The van der Waals surface area contributed by atoms with Gasteiger partial charge in [-0.15, -0.1) is 0 Å². The summed E-state index contributed by atoms with van der Waals surface area (Å²) >= 11 is 11.8. The van der Waals surface area contributed by atoms with Crippen LogP contribution in [0.15, 0.2) is 24.4 Å². The summed E-state index contributed by atoms with van der Waals surface area (Å²) in [6.45, 7) is 7.75. The minimum Gasteiger partial charge on any atom is -0.477 e. The van der Waals surface area contributed by atoms with Crippen LogP contribution in [0.2, 0.25) is 5.02 Å². The number of ether oxygens (including phenoxy) is 3. The third kappa shape index (κ3) is 7.24. The molecule has 222 valence electrons. The van der Waals surface area contributed by atoms with Crippen molar-refractivity contribution in [1.29, 1.82) is 5.26 Å². The van der Waals surface area contributed by atoms with Crippen molar-refractivity contribution in [1.82, 2.24) is 4.98 Å². The number of anilines is 2. The molecule has 0 N–H and O–H groups in total. The first kappa shape index (κ1) is 32.5. The third-order valence-corrected chi connectivity index (χ3v) is 6.82. The van der Waals surface area contributed by atoms with Gasteiger partial charge in [0.1, 0.15) is 16.1 Å². The molecule has 41 heavy (non-hydrogen) atoms. The number of benzene rings is 1. The molecule has 1 aliphatic rings. The van der Waals surface area contributed by atoms with E-state index in [4.69, 9.17) is 43.3 Å². The molecule has 0 saturated carbocycles. The van der Waals surface area contributed by atoms with Gasteiger partial charge in [-0.25, -0.2) is 9.37 Å². The van der Waals surface area contributed by atoms with Gasteiger partial charge >= 0.3 is 6.18 Å². The molecule has 1 aromatic heterocycles. The molecule has 3 rings (SSSR count). The Labute approximate surface area is 245 Å². The minimum absolute atomic E-state index is 0.114. The molecule has 1 aliphatic heterocycles. The smallest absolute Gasteiger partial charge is 0.420 e. The molecule has 2 heterocycles. The van der Waals surface area contributed by atoms with Crippen molar-refractivity contribution in [3.63, 3.8) is 0 Å². The van der Waals surface area contributed by atoms with Crippen LogP contribution in [-0.4, -0.2) is 54.6 Å². The lowest BCUT2D eigenvalue weighted by Gasteiger charge is -2.29. The van der Waals surface area contributed by atoms with Gasteiger partial charge in [0.05, 0.1) is 35.8 Å². The van der Waals surface area contributed by atoms with E-state index in [0.717, 1.165) is 25.0 Å². The molecule has 1 fully saturated rings. The second-order valence-electron chi connectivity index (χ2n) is 9.45. The molecule has 1 aromatic carbocycles. The van der Waals surface area contributed by atoms with E-state index in [1.54, 1.807) is 0 Å². The fraction of sp³-hybridized carbons (Fsp3) is 0.481. The van der Waals surface area contributed by atoms with Crippen molar-refractivity contribution in [2.75, 3.05) is 42.8 Å². The Balaban J connectivity index is 1.72. The highest BCUT2D eigenvalue weighted by Crippen LogP contribution is 2.42. The van der Waals surface area contributed by atoms with E-state index in [-0.39, 0.29) is 21.7 Å². The van der Waals surface area contributed by atoms with Crippen molar-refractivity contribution < 1.29 is 36.6 Å². The van der Waals surface area contributed by atoms with Crippen molar-refractivity contribution >= 4 is 46.2 Å². The number of aromatic nitrogens is 1. The Morgan fingerprint density at radius 2 is 1.78 bits per heavy atom. The summed E-state index contributed by atoms with van der Waals surface area (Å²) in [7, 11) is 0. The highest BCUT2D eigenvalue weighted by atomic mass is 35.5. The van der Waals surface area contributed by atoms with Crippen molar-refractivity contribution in [3.8, 4) is 11.9 Å². The Morgan fingerprint density at radius 3 is 2.41 bits per heavy atom. The molecular weight excluding hydrogens is 588 g/mol. The van der Waals surface area contributed by atoms with Gasteiger partial charge < -0.3 is 19.1 Å². The van der Waals surface area contributed by atoms with Crippen LogP contribution in [0.4, 0.5) is 28.9 Å². The van der Waals surface area contributed by atoms with Crippen LogP contribution in [0.1, 0.15) is 51.2 Å². The average molecular weight is 617 g/mol. The molecular formula is C27H29ClF4N4O4S. The molecule has 8 nitrogen and oxygen atoms in total. The molecule has 0 atom stereocenters. The largest absolute Gasteiger partial charge is 0.477 e. The molecule has 0 bridgehead atoms. The molecule has 14 heteroatoms. The van der Waals surface area contributed by atoms with E-state index in [1.165, 1.54) is 37.1 Å². The number of halogens is 5. The zero-order valence-corrected chi connectivity index (χ0v) is 24.3. The topological polar surface area (TPSA) is 87.9 Å². The predicted molar refractivity (Wildman–Crippen MR) is 149 cm³/mol.